The zero-order valence-electron chi connectivity index (χ0n) is 20.8. The molecule has 0 radical (unpaired) electrons. The van der Waals surface area contributed by atoms with Crippen LogP contribution >= 0.6 is 0 Å². The number of aliphatic hydroxyl groups excluding tert-OH is 1. The lowest BCUT2D eigenvalue weighted by molar-refractivity contribution is 0.0853. The van der Waals surface area contributed by atoms with Gasteiger partial charge < -0.3 is 29.7 Å². The number of hydrogen-bond donors (Lipinski definition) is 2. The van der Waals surface area contributed by atoms with Crippen molar-refractivity contribution in [1.29, 1.82) is 0 Å². The molecule has 2 fully saturated rings. The van der Waals surface area contributed by atoms with Crippen LogP contribution in [0, 0.1) is 6.92 Å². The van der Waals surface area contributed by atoms with Gasteiger partial charge in [-0.3, -0.25) is 0 Å². The van der Waals surface area contributed by atoms with Crippen molar-refractivity contribution in [3.8, 4) is 17.1 Å². The maximum atomic E-state index is 10.00. The number of anilines is 2. The fourth-order valence-electron chi connectivity index (χ4n) is 4.84. The number of likely N-dealkylation sites (N-methyl/N-ethyl adjacent to an activating group) is 1. The molecule has 2 aliphatic heterocycles. The van der Waals surface area contributed by atoms with Gasteiger partial charge in [-0.25, -0.2) is 9.97 Å². The molecule has 186 valence electrons. The van der Waals surface area contributed by atoms with E-state index in [2.05, 4.69) is 29.1 Å². The average molecular weight is 470 g/mol. The molecule has 2 aromatic rings. The van der Waals surface area contributed by atoms with Crippen molar-refractivity contribution in [1.82, 2.24) is 15.3 Å². The van der Waals surface area contributed by atoms with Crippen LogP contribution in [-0.4, -0.2) is 80.8 Å². The van der Waals surface area contributed by atoms with Crippen LogP contribution in [0.25, 0.3) is 11.4 Å². The lowest BCUT2D eigenvalue weighted by Gasteiger charge is -2.35. The zero-order valence-corrected chi connectivity index (χ0v) is 20.8. The Morgan fingerprint density at radius 3 is 2.71 bits per heavy atom. The van der Waals surface area contributed by atoms with E-state index in [9.17, 15) is 5.11 Å². The number of nitrogens with zero attached hydrogens (tertiary/aromatic N) is 4. The second-order valence-electron chi connectivity index (χ2n) is 9.37. The van der Waals surface area contributed by atoms with Gasteiger partial charge in [-0.15, -0.1) is 0 Å². The summed E-state index contributed by atoms with van der Waals surface area (Å²) in [5.41, 5.74) is 2.06. The van der Waals surface area contributed by atoms with Gasteiger partial charge in [0.15, 0.2) is 5.82 Å². The minimum absolute atomic E-state index is 0.232. The molecule has 0 aliphatic carbocycles. The number of rotatable bonds is 9. The zero-order chi connectivity index (χ0) is 23.9. The van der Waals surface area contributed by atoms with Gasteiger partial charge in [-0.1, -0.05) is 12.1 Å². The highest BCUT2D eigenvalue weighted by Gasteiger charge is 2.25. The summed E-state index contributed by atoms with van der Waals surface area (Å²) in [6, 6.07) is 8.27. The Bertz CT molecular complexity index is 929. The molecule has 0 bridgehead atoms. The van der Waals surface area contributed by atoms with Crippen molar-refractivity contribution >= 4 is 11.6 Å². The topological polar surface area (TPSA) is 83.0 Å². The Morgan fingerprint density at radius 2 is 1.97 bits per heavy atom. The standard InChI is InChI=1S/C26H39N5O3/c1-19-25(30(3)21-10-14-33-15-11-21)28-24(29-26(19)31-12-5-4-6-13-31)20-8-7-9-23(16-20)34-18-22(32)17-27-2/h7-9,16,21-22,27,32H,4-6,10-15,17-18H2,1-3H3. The van der Waals surface area contributed by atoms with Crippen molar-refractivity contribution in [3.63, 3.8) is 0 Å². The summed E-state index contributed by atoms with van der Waals surface area (Å²) in [5.74, 6) is 3.44. The first kappa shape index (κ1) is 24.7. The van der Waals surface area contributed by atoms with E-state index in [0.717, 1.165) is 61.9 Å². The summed E-state index contributed by atoms with van der Waals surface area (Å²) in [6.07, 6.45) is 5.12. The van der Waals surface area contributed by atoms with Crippen molar-refractivity contribution in [2.24, 2.45) is 0 Å². The molecule has 1 aromatic heterocycles. The SMILES string of the molecule is CNCC(O)COc1cccc(-c2nc(N3CCCCC3)c(C)c(N(C)C3CCOCC3)n2)c1. The third-order valence-electron chi connectivity index (χ3n) is 6.80. The Morgan fingerprint density at radius 1 is 1.21 bits per heavy atom. The molecule has 8 heteroatoms. The molecule has 2 N–H and O–H groups in total. The van der Waals surface area contributed by atoms with Gasteiger partial charge in [-0.05, 0) is 58.2 Å². The first-order valence-corrected chi connectivity index (χ1v) is 12.6. The fourth-order valence-corrected chi connectivity index (χ4v) is 4.84. The number of nitrogens with one attached hydrogen (secondary N) is 1. The normalized spacial score (nSPS) is 18.1. The first-order chi connectivity index (χ1) is 16.6. The predicted octanol–water partition coefficient (Wildman–Crippen LogP) is 3.02. The van der Waals surface area contributed by atoms with Gasteiger partial charge in [0.25, 0.3) is 0 Å². The fraction of sp³-hybridized carbons (Fsp3) is 0.615. The second-order valence-corrected chi connectivity index (χ2v) is 9.37. The highest BCUT2D eigenvalue weighted by atomic mass is 16.5. The van der Waals surface area contributed by atoms with E-state index in [1.165, 1.54) is 19.3 Å². The van der Waals surface area contributed by atoms with Crippen LogP contribution in [-0.2, 0) is 4.74 Å². The van der Waals surface area contributed by atoms with E-state index in [4.69, 9.17) is 19.4 Å². The van der Waals surface area contributed by atoms with E-state index in [0.29, 0.717) is 24.2 Å². The molecule has 8 nitrogen and oxygen atoms in total. The van der Waals surface area contributed by atoms with Gasteiger partial charge in [0.1, 0.15) is 30.1 Å². The summed E-state index contributed by atoms with van der Waals surface area (Å²) >= 11 is 0. The van der Waals surface area contributed by atoms with Gasteiger partial charge >= 0.3 is 0 Å². The smallest absolute Gasteiger partial charge is 0.164 e. The maximum absolute atomic E-state index is 10.00. The largest absolute Gasteiger partial charge is 0.491 e. The Labute approximate surface area is 203 Å². The number of hydrogen-bond acceptors (Lipinski definition) is 8. The molecular weight excluding hydrogens is 430 g/mol. The Kier molecular flexibility index (Phi) is 8.59. The highest BCUT2D eigenvalue weighted by Crippen LogP contribution is 2.33. The number of aromatic nitrogens is 2. The number of benzene rings is 1. The number of aliphatic hydroxyl groups is 1. The third kappa shape index (κ3) is 5.98. The quantitative estimate of drug-likeness (QED) is 0.580. The number of ether oxygens (including phenoxy) is 2. The summed E-state index contributed by atoms with van der Waals surface area (Å²) in [4.78, 5) is 14.9. The molecule has 2 aliphatic rings. The highest BCUT2D eigenvalue weighted by molar-refractivity contribution is 5.68. The lowest BCUT2D eigenvalue weighted by atomic mass is 10.1. The molecule has 4 rings (SSSR count). The van der Waals surface area contributed by atoms with E-state index in [1.807, 2.05) is 31.3 Å². The maximum Gasteiger partial charge on any atom is 0.164 e. The molecule has 2 saturated heterocycles. The Hall–Kier alpha value is -2.42. The third-order valence-corrected chi connectivity index (χ3v) is 6.80. The minimum Gasteiger partial charge on any atom is -0.491 e. The minimum atomic E-state index is -0.560. The van der Waals surface area contributed by atoms with E-state index in [1.54, 1.807) is 0 Å². The molecule has 0 saturated carbocycles. The molecule has 0 amide bonds. The molecule has 3 heterocycles. The van der Waals surface area contributed by atoms with Crippen LogP contribution in [0.15, 0.2) is 24.3 Å². The van der Waals surface area contributed by atoms with Crippen molar-refractivity contribution in [2.75, 3.05) is 63.4 Å². The number of piperidine rings is 1. The van der Waals surface area contributed by atoms with Crippen LogP contribution in [0.1, 0.15) is 37.7 Å². The van der Waals surface area contributed by atoms with Crippen molar-refractivity contribution < 1.29 is 14.6 Å². The molecule has 1 unspecified atom stereocenters. The summed E-state index contributed by atoms with van der Waals surface area (Å²) in [7, 11) is 3.96. The van der Waals surface area contributed by atoms with E-state index in [-0.39, 0.29) is 6.61 Å². The van der Waals surface area contributed by atoms with Gasteiger partial charge in [0, 0.05) is 57.1 Å². The van der Waals surface area contributed by atoms with E-state index >= 15 is 0 Å². The van der Waals surface area contributed by atoms with Crippen LogP contribution in [0.5, 0.6) is 5.75 Å². The predicted molar refractivity (Wildman–Crippen MR) is 136 cm³/mol. The summed E-state index contributed by atoms with van der Waals surface area (Å²) in [5, 5.41) is 13.0. The molecule has 1 atom stereocenters. The van der Waals surface area contributed by atoms with Gasteiger partial charge in [0.05, 0.1) is 0 Å². The second kappa shape index (κ2) is 11.8. The molecular formula is C26H39N5O3. The molecule has 0 spiro atoms. The summed E-state index contributed by atoms with van der Waals surface area (Å²) < 4.78 is 11.4. The van der Waals surface area contributed by atoms with Crippen LogP contribution in [0.3, 0.4) is 0 Å². The van der Waals surface area contributed by atoms with Crippen molar-refractivity contribution in [2.45, 2.75) is 51.2 Å². The first-order valence-electron chi connectivity index (χ1n) is 12.6. The van der Waals surface area contributed by atoms with Gasteiger partial charge in [0.2, 0.25) is 0 Å². The molecule has 1 aromatic carbocycles. The monoisotopic (exact) mass is 469 g/mol. The Balaban J connectivity index is 1.66. The van der Waals surface area contributed by atoms with Crippen molar-refractivity contribution in [3.05, 3.63) is 29.8 Å². The molecule has 34 heavy (non-hydrogen) atoms. The summed E-state index contributed by atoms with van der Waals surface area (Å²) in [6.45, 7) is 6.53. The van der Waals surface area contributed by atoms with Crippen LogP contribution in [0.2, 0.25) is 0 Å². The van der Waals surface area contributed by atoms with Crippen LogP contribution < -0.4 is 19.9 Å². The van der Waals surface area contributed by atoms with E-state index < -0.39 is 6.10 Å². The van der Waals surface area contributed by atoms with Gasteiger partial charge in [-0.2, -0.15) is 0 Å². The lowest BCUT2D eigenvalue weighted by Crippen LogP contribution is -2.38. The average Bonchev–Trinajstić information content (AvgIpc) is 2.88. The van der Waals surface area contributed by atoms with Crippen LogP contribution in [0.4, 0.5) is 11.6 Å².